The molecule has 0 bridgehead atoms. The first-order valence-electron chi connectivity index (χ1n) is 4.92. The molecule has 1 rings (SSSR count). The largest absolute Gasteiger partial charge is 0.325 e. The summed E-state index contributed by atoms with van der Waals surface area (Å²) in [6, 6.07) is 4.01. The van der Waals surface area contributed by atoms with E-state index in [1.165, 1.54) is 4.88 Å². The van der Waals surface area contributed by atoms with Crippen LogP contribution in [-0.4, -0.2) is 5.54 Å². The Labute approximate surface area is 95.3 Å². The van der Waals surface area contributed by atoms with Gasteiger partial charge in [0.05, 0.1) is 4.34 Å². The van der Waals surface area contributed by atoms with Crippen LogP contribution in [0.25, 0.3) is 0 Å². The molecule has 1 heterocycles. The summed E-state index contributed by atoms with van der Waals surface area (Å²) in [5.41, 5.74) is 6.11. The Morgan fingerprint density at radius 2 is 2.14 bits per heavy atom. The maximum absolute atomic E-state index is 6.22. The molecule has 0 saturated heterocycles. The average molecular weight is 232 g/mol. The summed E-state index contributed by atoms with van der Waals surface area (Å²) in [5, 5.41) is 0. The van der Waals surface area contributed by atoms with Crippen LogP contribution in [0.4, 0.5) is 0 Å². The number of nitrogens with two attached hydrogens (primary N) is 1. The number of rotatable bonds is 4. The Balaban J connectivity index is 2.58. The van der Waals surface area contributed by atoms with E-state index < -0.39 is 0 Å². The highest BCUT2D eigenvalue weighted by atomic mass is 35.5. The summed E-state index contributed by atoms with van der Waals surface area (Å²) < 4.78 is 0.848. The van der Waals surface area contributed by atoms with E-state index in [0.29, 0.717) is 5.92 Å². The van der Waals surface area contributed by atoms with Crippen LogP contribution in [0.1, 0.15) is 32.1 Å². The zero-order valence-electron chi connectivity index (χ0n) is 9.01. The standard InChI is InChI=1S/C11H18ClNS/c1-8(2)6-11(3,13)7-9-4-5-10(12)14-9/h4-5,8H,6-7,13H2,1-3H3. The van der Waals surface area contributed by atoms with Crippen LogP contribution in [0.15, 0.2) is 12.1 Å². The monoisotopic (exact) mass is 231 g/mol. The van der Waals surface area contributed by atoms with Crippen molar-refractivity contribution in [1.29, 1.82) is 0 Å². The van der Waals surface area contributed by atoms with Crippen LogP contribution in [0.3, 0.4) is 0 Å². The molecular weight excluding hydrogens is 214 g/mol. The molecule has 1 nitrogen and oxygen atoms in total. The molecule has 1 atom stereocenters. The van der Waals surface area contributed by atoms with Crippen LogP contribution >= 0.6 is 22.9 Å². The number of halogens is 1. The summed E-state index contributed by atoms with van der Waals surface area (Å²) in [6.07, 6.45) is 1.96. The molecular formula is C11H18ClNS. The number of hydrogen-bond donors (Lipinski definition) is 1. The van der Waals surface area contributed by atoms with Gasteiger partial charge in [0.25, 0.3) is 0 Å². The fourth-order valence-corrected chi connectivity index (χ4v) is 3.13. The van der Waals surface area contributed by atoms with Crippen LogP contribution in [-0.2, 0) is 6.42 Å². The van der Waals surface area contributed by atoms with Crippen LogP contribution in [0.2, 0.25) is 4.34 Å². The minimum atomic E-state index is -0.109. The zero-order chi connectivity index (χ0) is 10.8. The predicted octanol–water partition coefficient (Wildman–Crippen LogP) is 3.71. The van der Waals surface area contributed by atoms with Gasteiger partial charge >= 0.3 is 0 Å². The molecule has 0 aromatic carbocycles. The van der Waals surface area contributed by atoms with Crippen LogP contribution in [0, 0.1) is 5.92 Å². The Bertz CT molecular complexity index is 291. The van der Waals surface area contributed by atoms with Crippen molar-refractivity contribution >= 4 is 22.9 Å². The van der Waals surface area contributed by atoms with E-state index in [1.54, 1.807) is 11.3 Å². The molecule has 1 aromatic heterocycles. The number of thiophene rings is 1. The summed E-state index contributed by atoms with van der Waals surface area (Å²) in [5.74, 6) is 0.639. The van der Waals surface area contributed by atoms with Crippen molar-refractivity contribution in [2.75, 3.05) is 0 Å². The third kappa shape index (κ3) is 3.99. The van der Waals surface area contributed by atoms with Gasteiger partial charge in [-0.1, -0.05) is 25.4 Å². The molecule has 0 aliphatic carbocycles. The Kier molecular flexibility index (Phi) is 3.99. The molecule has 1 unspecified atom stereocenters. The Morgan fingerprint density at radius 1 is 1.50 bits per heavy atom. The van der Waals surface area contributed by atoms with E-state index >= 15 is 0 Å². The van der Waals surface area contributed by atoms with Gasteiger partial charge in [-0.3, -0.25) is 0 Å². The zero-order valence-corrected chi connectivity index (χ0v) is 10.6. The highest BCUT2D eigenvalue weighted by Gasteiger charge is 2.21. The van der Waals surface area contributed by atoms with Gasteiger partial charge in [-0.15, -0.1) is 11.3 Å². The molecule has 2 N–H and O–H groups in total. The van der Waals surface area contributed by atoms with Crippen LogP contribution < -0.4 is 5.73 Å². The molecule has 14 heavy (non-hydrogen) atoms. The van der Waals surface area contributed by atoms with E-state index in [9.17, 15) is 0 Å². The highest BCUT2D eigenvalue weighted by Crippen LogP contribution is 2.26. The quantitative estimate of drug-likeness (QED) is 0.840. The van der Waals surface area contributed by atoms with Crippen LogP contribution in [0.5, 0.6) is 0 Å². The fourth-order valence-electron chi connectivity index (χ4n) is 1.85. The van der Waals surface area contributed by atoms with E-state index in [-0.39, 0.29) is 5.54 Å². The van der Waals surface area contributed by atoms with E-state index in [2.05, 4.69) is 26.8 Å². The SMILES string of the molecule is CC(C)CC(C)(N)Cc1ccc(Cl)s1. The maximum Gasteiger partial charge on any atom is 0.0931 e. The van der Waals surface area contributed by atoms with Gasteiger partial charge in [-0.2, -0.15) is 0 Å². The van der Waals surface area contributed by atoms with E-state index in [0.717, 1.165) is 17.2 Å². The van der Waals surface area contributed by atoms with Gasteiger partial charge in [0.15, 0.2) is 0 Å². The van der Waals surface area contributed by atoms with Gasteiger partial charge in [0.2, 0.25) is 0 Å². The highest BCUT2D eigenvalue weighted by molar-refractivity contribution is 7.16. The fraction of sp³-hybridized carbons (Fsp3) is 0.636. The van der Waals surface area contributed by atoms with Crippen molar-refractivity contribution in [1.82, 2.24) is 0 Å². The molecule has 0 radical (unpaired) electrons. The minimum Gasteiger partial charge on any atom is -0.325 e. The van der Waals surface area contributed by atoms with Gasteiger partial charge in [-0.25, -0.2) is 0 Å². The second-order valence-electron chi connectivity index (χ2n) is 4.63. The Morgan fingerprint density at radius 3 is 2.57 bits per heavy atom. The van der Waals surface area contributed by atoms with Gasteiger partial charge in [-0.05, 0) is 37.8 Å². The van der Waals surface area contributed by atoms with Crippen molar-refractivity contribution in [3.63, 3.8) is 0 Å². The summed E-state index contributed by atoms with van der Waals surface area (Å²) >= 11 is 7.50. The first kappa shape index (κ1) is 12.0. The first-order chi connectivity index (χ1) is 6.39. The second kappa shape index (κ2) is 4.65. The van der Waals surface area contributed by atoms with E-state index in [4.69, 9.17) is 17.3 Å². The van der Waals surface area contributed by atoms with Crippen molar-refractivity contribution in [2.24, 2.45) is 11.7 Å². The normalized spacial score (nSPS) is 15.9. The lowest BCUT2D eigenvalue weighted by Gasteiger charge is -2.26. The molecule has 80 valence electrons. The molecule has 0 spiro atoms. The third-order valence-corrected chi connectivity index (χ3v) is 3.31. The van der Waals surface area contributed by atoms with Gasteiger partial charge in [0, 0.05) is 10.4 Å². The molecule has 1 aromatic rings. The smallest absolute Gasteiger partial charge is 0.0931 e. The lowest BCUT2D eigenvalue weighted by Crippen LogP contribution is -2.39. The summed E-state index contributed by atoms with van der Waals surface area (Å²) in [7, 11) is 0. The third-order valence-electron chi connectivity index (χ3n) is 2.08. The minimum absolute atomic E-state index is 0.109. The van der Waals surface area contributed by atoms with Gasteiger partial charge in [0.1, 0.15) is 0 Å². The first-order valence-corrected chi connectivity index (χ1v) is 6.11. The molecule has 0 aliphatic heterocycles. The van der Waals surface area contributed by atoms with Crippen molar-refractivity contribution in [2.45, 2.75) is 39.2 Å². The van der Waals surface area contributed by atoms with E-state index in [1.807, 2.05) is 6.07 Å². The molecule has 0 saturated carbocycles. The van der Waals surface area contributed by atoms with Crippen molar-refractivity contribution in [3.05, 3.63) is 21.3 Å². The Hall–Kier alpha value is -0.0500. The molecule has 0 aliphatic rings. The molecule has 0 fully saturated rings. The molecule has 0 amide bonds. The van der Waals surface area contributed by atoms with Crippen molar-refractivity contribution < 1.29 is 0 Å². The average Bonchev–Trinajstić information content (AvgIpc) is 2.30. The summed E-state index contributed by atoms with van der Waals surface area (Å²) in [6.45, 7) is 6.51. The number of hydrogen-bond acceptors (Lipinski definition) is 2. The topological polar surface area (TPSA) is 26.0 Å². The molecule has 3 heteroatoms. The summed E-state index contributed by atoms with van der Waals surface area (Å²) in [4.78, 5) is 1.28. The second-order valence-corrected chi connectivity index (χ2v) is 6.43. The van der Waals surface area contributed by atoms with Gasteiger partial charge < -0.3 is 5.73 Å². The maximum atomic E-state index is 6.22. The predicted molar refractivity (Wildman–Crippen MR) is 65.1 cm³/mol. The van der Waals surface area contributed by atoms with Crippen molar-refractivity contribution in [3.8, 4) is 0 Å². The lowest BCUT2D eigenvalue weighted by molar-refractivity contribution is 0.369. The lowest BCUT2D eigenvalue weighted by atomic mass is 9.88.